The smallest absolute Gasteiger partial charge is 0.187 e. The lowest BCUT2D eigenvalue weighted by Crippen LogP contribution is -2.61. The number of hydrogen-bond donors (Lipinski definition) is 1. The Bertz CT molecular complexity index is 1300. The molecule has 4 aromatic rings. The second-order valence-corrected chi connectivity index (χ2v) is 10.2. The molecular formula is C35H38O7. The first-order chi connectivity index (χ1) is 20.7. The molecule has 0 aliphatic carbocycles. The summed E-state index contributed by atoms with van der Waals surface area (Å²) in [5, 5.41) is 11.5. The molecule has 0 unspecified atom stereocenters. The molecule has 5 atom stereocenters. The van der Waals surface area contributed by atoms with Gasteiger partial charge in [-0.25, -0.2) is 0 Å². The molecule has 1 N–H and O–H groups in total. The SMILES string of the molecule is COc1ccc(CO[C@H]2O[C@H](COCc3ccccc3)[C@@H](OCc3ccccc3)[C@H](OCc3ccccc3)[C@H]2O)cc1. The van der Waals surface area contributed by atoms with Gasteiger partial charge >= 0.3 is 0 Å². The maximum atomic E-state index is 11.5. The molecule has 1 saturated heterocycles. The highest BCUT2D eigenvalue weighted by molar-refractivity contribution is 5.26. The lowest BCUT2D eigenvalue weighted by molar-refractivity contribution is -0.321. The third-order valence-electron chi connectivity index (χ3n) is 7.15. The van der Waals surface area contributed by atoms with E-state index in [1.54, 1.807) is 7.11 Å². The molecule has 7 nitrogen and oxygen atoms in total. The maximum absolute atomic E-state index is 11.5. The molecule has 0 saturated carbocycles. The van der Waals surface area contributed by atoms with Crippen LogP contribution in [0.3, 0.4) is 0 Å². The van der Waals surface area contributed by atoms with Crippen LogP contribution in [-0.4, -0.2) is 49.5 Å². The van der Waals surface area contributed by atoms with E-state index in [1.165, 1.54) is 0 Å². The van der Waals surface area contributed by atoms with E-state index in [-0.39, 0.29) is 13.2 Å². The van der Waals surface area contributed by atoms with Crippen molar-refractivity contribution in [3.05, 3.63) is 138 Å². The fourth-order valence-corrected chi connectivity index (χ4v) is 4.86. The predicted octanol–water partition coefficient (Wildman–Crippen LogP) is 5.69. The minimum absolute atomic E-state index is 0.231. The molecule has 1 aliphatic heterocycles. The number of rotatable bonds is 14. The Kier molecular flexibility index (Phi) is 11.1. The maximum Gasteiger partial charge on any atom is 0.187 e. The van der Waals surface area contributed by atoms with E-state index < -0.39 is 30.7 Å². The molecule has 5 rings (SSSR count). The van der Waals surface area contributed by atoms with Gasteiger partial charge in [0.1, 0.15) is 30.2 Å². The van der Waals surface area contributed by atoms with Gasteiger partial charge in [-0.3, -0.25) is 0 Å². The Morgan fingerprint density at radius 3 is 1.60 bits per heavy atom. The van der Waals surface area contributed by atoms with E-state index in [9.17, 15) is 5.11 Å². The van der Waals surface area contributed by atoms with Crippen LogP contribution < -0.4 is 4.74 Å². The van der Waals surface area contributed by atoms with Gasteiger partial charge < -0.3 is 33.5 Å². The average molecular weight is 571 g/mol. The molecule has 7 heteroatoms. The van der Waals surface area contributed by atoms with Gasteiger partial charge in [-0.1, -0.05) is 103 Å². The van der Waals surface area contributed by atoms with Gasteiger partial charge in [0.05, 0.1) is 40.1 Å². The summed E-state index contributed by atoms with van der Waals surface area (Å²) in [4.78, 5) is 0. The number of benzene rings is 4. The van der Waals surface area contributed by atoms with Gasteiger partial charge in [-0.2, -0.15) is 0 Å². The zero-order valence-electron chi connectivity index (χ0n) is 23.8. The van der Waals surface area contributed by atoms with Gasteiger partial charge in [0.2, 0.25) is 0 Å². The summed E-state index contributed by atoms with van der Waals surface area (Å²) in [6.07, 6.45) is -3.94. The molecule has 4 aromatic carbocycles. The van der Waals surface area contributed by atoms with E-state index in [1.807, 2.05) is 115 Å². The Hall–Kier alpha value is -3.56. The molecule has 0 amide bonds. The van der Waals surface area contributed by atoms with Crippen LogP contribution in [0.1, 0.15) is 22.3 Å². The van der Waals surface area contributed by atoms with Crippen molar-refractivity contribution in [2.75, 3.05) is 13.7 Å². The topological polar surface area (TPSA) is 75.6 Å². The highest BCUT2D eigenvalue weighted by Gasteiger charge is 2.47. The number of aliphatic hydroxyl groups is 1. The number of ether oxygens (including phenoxy) is 6. The first kappa shape index (κ1) is 29.9. The highest BCUT2D eigenvalue weighted by Crippen LogP contribution is 2.30. The summed E-state index contributed by atoms with van der Waals surface area (Å²) in [6, 6.07) is 37.3. The van der Waals surface area contributed by atoms with Gasteiger partial charge in [0.25, 0.3) is 0 Å². The number of methoxy groups -OCH3 is 1. The molecule has 0 bridgehead atoms. The van der Waals surface area contributed by atoms with E-state index >= 15 is 0 Å². The summed E-state index contributed by atoms with van der Waals surface area (Å²) in [6.45, 7) is 1.52. The average Bonchev–Trinajstić information content (AvgIpc) is 3.05. The quantitative estimate of drug-likeness (QED) is 0.209. The van der Waals surface area contributed by atoms with Crippen molar-refractivity contribution in [2.24, 2.45) is 0 Å². The van der Waals surface area contributed by atoms with E-state index in [0.29, 0.717) is 19.8 Å². The number of hydrogen-bond acceptors (Lipinski definition) is 7. The van der Waals surface area contributed by atoms with Crippen molar-refractivity contribution >= 4 is 0 Å². The van der Waals surface area contributed by atoms with Crippen LogP contribution in [0.4, 0.5) is 0 Å². The van der Waals surface area contributed by atoms with Crippen LogP contribution in [0.2, 0.25) is 0 Å². The van der Waals surface area contributed by atoms with Gasteiger partial charge in [0.15, 0.2) is 6.29 Å². The minimum Gasteiger partial charge on any atom is -0.497 e. The molecule has 0 radical (unpaired) electrons. The third-order valence-corrected chi connectivity index (χ3v) is 7.15. The van der Waals surface area contributed by atoms with Crippen molar-refractivity contribution in [1.82, 2.24) is 0 Å². The van der Waals surface area contributed by atoms with E-state index in [4.69, 9.17) is 28.4 Å². The standard InChI is InChI=1S/C35H38O7/c1-37-30-19-17-29(18-20-30)24-41-35-32(36)34(40-23-28-15-9-4-10-16-28)33(39-22-27-13-7-3-8-14-27)31(42-35)25-38-21-26-11-5-2-6-12-26/h2-20,31-36H,21-25H2,1H3/t31-,32-,33-,34-,35+/m1/s1. The third kappa shape index (κ3) is 8.49. The Morgan fingerprint density at radius 2 is 1.05 bits per heavy atom. The van der Waals surface area contributed by atoms with Crippen LogP contribution in [0.25, 0.3) is 0 Å². The van der Waals surface area contributed by atoms with Crippen LogP contribution in [0.5, 0.6) is 5.75 Å². The minimum atomic E-state index is -1.10. The molecule has 0 aromatic heterocycles. The van der Waals surface area contributed by atoms with Gasteiger partial charge in [-0.05, 0) is 34.4 Å². The second-order valence-electron chi connectivity index (χ2n) is 10.2. The summed E-state index contributed by atoms with van der Waals surface area (Å²) in [5.41, 5.74) is 3.98. The highest BCUT2D eigenvalue weighted by atomic mass is 16.7. The number of aliphatic hydroxyl groups excluding tert-OH is 1. The Labute approximate surface area is 247 Å². The van der Waals surface area contributed by atoms with Crippen molar-refractivity contribution in [3.63, 3.8) is 0 Å². The lowest BCUT2D eigenvalue weighted by atomic mass is 9.98. The van der Waals surface area contributed by atoms with Crippen molar-refractivity contribution in [2.45, 2.75) is 57.1 Å². The van der Waals surface area contributed by atoms with Gasteiger partial charge in [-0.15, -0.1) is 0 Å². The summed E-state index contributed by atoms with van der Waals surface area (Å²) >= 11 is 0. The monoisotopic (exact) mass is 570 g/mol. The first-order valence-corrected chi connectivity index (χ1v) is 14.2. The zero-order chi connectivity index (χ0) is 29.0. The fourth-order valence-electron chi connectivity index (χ4n) is 4.86. The molecule has 1 aliphatic rings. The van der Waals surface area contributed by atoms with Crippen LogP contribution >= 0.6 is 0 Å². The molecular weight excluding hydrogens is 532 g/mol. The Morgan fingerprint density at radius 1 is 0.571 bits per heavy atom. The fraction of sp³-hybridized carbons (Fsp3) is 0.314. The van der Waals surface area contributed by atoms with E-state index in [2.05, 4.69) is 0 Å². The molecule has 220 valence electrons. The van der Waals surface area contributed by atoms with Crippen LogP contribution in [0, 0.1) is 0 Å². The summed E-state index contributed by atoms with van der Waals surface area (Å²) in [7, 11) is 1.63. The predicted molar refractivity (Wildman–Crippen MR) is 159 cm³/mol. The largest absolute Gasteiger partial charge is 0.497 e. The van der Waals surface area contributed by atoms with Crippen molar-refractivity contribution in [3.8, 4) is 5.75 Å². The first-order valence-electron chi connectivity index (χ1n) is 14.2. The molecule has 1 heterocycles. The molecule has 42 heavy (non-hydrogen) atoms. The van der Waals surface area contributed by atoms with Crippen LogP contribution in [-0.2, 0) is 50.1 Å². The molecule has 0 spiro atoms. The van der Waals surface area contributed by atoms with Crippen LogP contribution in [0.15, 0.2) is 115 Å². The normalized spacial score (nSPS) is 22.1. The van der Waals surface area contributed by atoms with Crippen molar-refractivity contribution in [1.29, 1.82) is 0 Å². The summed E-state index contributed by atoms with van der Waals surface area (Å²) < 4.78 is 36.7. The lowest BCUT2D eigenvalue weighted by Gasteiger charge is -2.44. The Balaban J connectivity index is 1.34. The second kappa shape index (κ2) is 15.6. The summed E-state index contributed by atoms with van der Waals surface area (Å²) in [5.74, 6) is 0.760. The van der Waals surface area contributed by atoms with Crippen molar-refractivity contribution < 1.29 is 33.5 Å². The zero-order valence-corrected chi connectivity index (χ0v) is 23.8. The molecule has 1 fully saturated rings. The van der Waals surface area contributed by atoms with E-state index in [0.717, 1.165) is 28.0 Å². The van der Waals surface area contributed by atoms with Gasteiger partial charge in [0, 0.05) is 0 Å².